The van der Waals surface area contributed by atoms with E-state index in [-0.39, 0.29) is 17.9 Å². The highest BCUT2D eigenvalue weighted by Crippen LogP contribution is 2.19. The zero-order valence-electron chi connectivity index (χ0n) is 16.1. The van der Waals surface area contributed by atoms with Gasteiger partial charge in [0.2, 0.25) is 5.91 Å². The highest BCUT2D eigenvalue weighted by atomic mass is 16.2. The monoisotopic (exact) mass is 375 g/mol. The maximum absolute atomic E-state index is 12.7. The summed E-state index contributed by atoms with van der Waals surface area (Å²) in [6.07, 6.45) is 3.24. The summed E-state index contributed by atoms with van der Waals surface area (Å²) in [5, 5.41) is 4.09. The van der Waals surface area contributed by atoms with Crippen molar-refractivity contribution in [1.29, 1.82) is 0 Å². The summed E-state index contributed by atoms with van der Waals surface area (Å²) in [6.45, 7) is 4.26. The number of aryl methyl sites for hydroxylation is 1. The first kappa shape index (κ1) is 18.3. The SMILES string of the molecule is CCn1ccc2cc(C(=O)N[C@@H]3CC(=O)N(CCc4ccccc4)C3)ccc21. The molecule has 144 valence electrons. The summed E-state index contributed by atoms with van der Waals surface area (Å²) in [4.78, 5) is 26.8. The van der Waals surface area contributed by atoms with Gasteiger partial charge >= 0.3 is 0 Å². The van der Waals surface area contributed by atoms with Gasteiger partial charge in [-0.1, -0.05) is 30.3 Å². The third kappa shape index (κ3) is 3.79. The molecule has 2 aromatic carbocycles. The molecule has 1 fully saturated rings. The second kappa shape index (κ2) is 7.89. The molecule has 1 aromatic heterocycles. The molecule has 1 saturated heterocycles. The van der Waals surface area contributed by atoms with Crippen molar-refractivity contribution >= 4 is 22.7 Å². The van der Waals surface area contributed by atoms with E-state index in [9.17, 15) is 9.59 Å². The molecule has 0 saturated carbocycles. The Balaban J connectivity index is 1.36. The first-order valence-electron chi connectivity index (χ1n) is 9.85. The van der Waals surface area contributed by atoms with Gasteiger partial charge in [0, 0.05) is 48.7 Å². The summed E-state index contributed by atoms with van der Waals surface area (Å²) in [7, 11) is 0. The number of likely N-dealkylation sites (tertiary alicyclic amines) is 1. The van der Waals surface area contributed by atoms with Crippen LogP contribution in [0.2, 0.25) is 0 Å². The van der Waals surface area contributed by atoms with Gasteiger partial charge in [0.15, 0.2) is 0 Å². The normalized spacial score (nSPS) is 16.7. The van der Waals surface area contributed by atoms with E-state index in [1.807, 2.05) is 53.6 Å². The van der Waals surface area contributed by atoms with Crippen molar-refractivity contribution in [1.82, 2.24) is 14.8 Å². The Kier molecular flexibility index (Phi) is 5.15. The fourth-order valence-corrected chi connectivity index (χ4v) is 3.88. The van der Waals surface area contributed by atoms with Crippen LogP contribution in [0.15, 0.2) is 60.8 Å². The molecule has 5 heteroatoms. The van der Waals surface area contributed by atoms with Gasteiger partial charge in [0.25, 0.3) is 5.91 Å². The third-order valence-electron chi connectivity index (χ3n) is 5.44. The van der Waals surface area contributed by atoms with Crippen molar-refractivity contribution in [3.63, 3.8) is 0 Å². The predicted molar refractivity (Wildman–Crippen MR) is 110 cm³/mol. The Morgan fingerprint density at radius 3 is 2.75 bits per heavy atom. The Bertz CT molecular complexity index is 994. The standard InChI is InChI=1S/C23H25N3O2/c1-2-25-13-11-18-14-19(8-9-21(18)25)23(28)24-20-15-22(27)26(16-20)12-10-17-6-4-3-5-7-17/h3-9,11,13-14,20H,2,10,12,15-16H2,1H3,(H,24,28)/t20-/m1/s1. The average molecular weight is 375 g/mol. The molecule has 3 aromatic rings. The number of fused-ring (bicyclic) bond motifs is 1. The summed E-state index contributed by atoms with van der Waals surface area (Å²) in [6, 6.07) is 17.8. The molecule has 4 rings (SSSR count). The van der Waals surface area contributed by atoms with Gasteiger partial charge in [-0.25, -0.2) is 0 Å². The van der Waals surface area contributed by atoms with Crippen molar-refractivity contribution in [3.05, 3.63) is 71.9 Å². The molecule has 0 aliphatic carbocycles. The smallest absolute Gasteiger partial charge is 0.251 e. The molecule has 28 heavy (non-hydrogen) atoms. The van der Waals surface area contributed by atoms with E-state index in [0.29, 0.717) is 25.1 Å². The van der Waals surface area contributed by atoms with Gasteiger partial charge in [0.05, 0.1) is 6.04 Å². The number of carbonyl (C=O) groups is 2. The van der Waals surface area contributed by atoms with Crippen LogP contribution in [-0.4, -0.2) is 40.4 Å². The second-order valence-corrected chi connectivity index (χ2v) is 7.33. The molecule has 1 aliphatic heterocycles. The number of rotatable bonds is 6. The number of hydrogen-bond donors (Lipinski definition) is 1. The zero-order valence-corrected chi connectivity index (χ0v) is 16.1. The van der Waals surface area contributed by atoms with Crippen molar-refractivity contribution in [2.75, 3.05) is 13.1 Å². The largest absolute Gasteiger partial charge is 0.348 e. The number of carbonyl (C=O) groups excluding carboxylic acids is 2. The van der Waals surface area contributed by atoms with E-state index in [1.54, 1.807) is 0 Å². The Labute approximate surface area is 165 Å². The summed E-state index contributed by atoms with van der Waals surface area (Å²) in [5.41, 5.74) is 2.98. The summed E-state index contributed by atoms with van der Waals surface area (Å²) >= 11 is 0. The van der Waals surface area contributed by atoms with Crippen LogP contribution in [0.5, 0.6) is 0 Å². The van der Waals surface area contributed by atoms with Crippen LogP contribution in [0.4, 0.5) is 0 Å². The third-order valence-corrected chi connectivity index (χ3v) is 5.44. The molecule has 1 N–H and O–H groups in total. The number of benzene rings is 2. The van der Waals surface area contributed by atoms with Gasteiger partial charge in [-0.3, -0.25) is 9.59 Å². The molecule has 0 bridgehead atoms. The lowest BCUT2D eigenvalue weighted by Gasteiger charge is -2.17. The van der Waals surface area contributed by atoms with Crippen LogP contribution in [0.25, 0.3) is 10.9 Å². The Morgan fingerprint density at radius 1 is 1.14 bits per heavy atom. The lowest BCUT2D eigenvalue weighted by molar-refractivity contribution is -0.127. The second-order valence-electron chi connectivity index (χ2n) is 7.33. The van der Waals surface area contributed by atoms with Gasteiger partial charge in [-0.2, -0.15) is 0 Å². The van der Waals surface area contributed by atoms with E-state index in [1.165, 1.54) is 5.56 Å². The van der Waals surface area contributed by atoms with Crippen LogP contribution < -0.4 is 5.32 Å². The number of nitrogens with one attached hydrogen (secondary N) is 1. The first-order valence-corrected chi connectivity index (χ1v) is 9.85. The molecule has 0 spiro atoms. The van der Waals surface area contributed by atoms with E-state index in [0.717, 1.165) is 23.9 Å². The van der Waals surface area contributed by atoms with Crippen LogP contribution in [-0.2, 0) is 17.8 Å². The minimum atomic E-state index is -0.133. The molecule has 1 aliphatic rings. The number of nitrogens with zero attached hydrogens (tertiary/aromatic N) is 2. The fraction of sp³-hybridized carbons (Fsp3) is 0.304. The Morgan fingerprint density at radius 2 is 1.96 bits per heavy atom. The maximum atomic E-state index is 12.7. The van der Waals surface area contributed by atoms with Gasteiger partial charge in [-0.05, 0) is 43.2 Å². The van der Waals surface area contributed by atoms with E-state index in [2.05, 4.69) is 28.9 Å². The number of aromatic nitrogens is 1. The van der Waals surface area contributed by atoms with Crippen LogP contribution in [0.1, 0.15) is 29.3 Å². The molecule has 2 heterocycles. The topological polar surface area (TPSA) is 54.3 Å². The Hall–Kier alpha value is -3.08. The van der Waals surface area contributed by atoms with Gasteiger partial charge in [0.1, 0.15) is 0 Å². The molecule has 2 amide bonds. The quantitative estimate of drug-likeness (QED) is 0.719. The molecule has 0 unspecified atom stereocenters. The molecule has 0 radical (unpaired) electrons. The van der Waals surface area contributed by atoms with Crippen molar-refractivity contribution in [2.45, 2.75) is 32.4 Å². The summed E-state index contributed by atoms with van der Waals surface area (Å²) in [5.74, 6) is -0.00874. The lowest BCUT2D eigenvalue weighted by atomic mass is 10.1. The van der Waals surface area contributed by atoms with Crippen molar-refractivity contribution in [3.8, 4) is 0 Å². The van der Waals surface area contributed by atoms with Crippen LogP contribution >= 0.6 is 0 Å². The van der Waals surface area contributed by atoms with Crippen LogP contribution in [0, 0.1) is 0 Å². The van der Waals surface area contributed by atoms with E-state index in [4.69, 9.17) is 0 Å². The highest BCUT2D eigenvalue weighted by Gasteiger charge is 2.30. The van der Waals surface area contributed by atoms with Crippen molar-refractivity contribution in [2.24, 2.45) is 0 Å². The van der Waals surface area contributed by atoms with Crippen molar-refractivity contribution < 1.29 is 9.59 Å². The maximum Gasteiger partial charge on any atom is 0.251 e. The zero-order chi connectivity index (χ0) is 19.5. The van der Waals surface area contributed by atoms with Gasteiger partial charge < -0.3 is 14.8 Å². The predicted octanol–water partition coefficient (Wildman–Crippen LogP) is 3.23. The minimum Gasteiger partial charge on any atom is -0.348 e. The van der Waals surface area contributed by atoms with E-state index < -0.39 is 0 Å². The average Bonchev–Trinajstić information content (AvgIpc) is 3.29. The minimum absolute atomic E-state index is 0.108. The molecular weight excluding hydrogens is 350 g/mol. The number of amides is 2. The molecule has 1 atom stereocenters. The van der Waals surface area contributed by atoms with Crippen LogP contribution in [0.3, 0.4) is 0 Å². The summed E-state index contributed by atoms with van der Waals surface area (Å²) < 4.78 is 2.15. The van der Waals surface area contributed by atoms with Gasteiger partial charge in [-0.15, -0.1) is 0 Å². The lowest BCUT2D eigenvalue weighted by Crippen LogP contribution is -2.37. The molecule has 5 nitrogen and oxygen atoms in total. The van der Waals surface area contributed by atoms with E-state index >= 15 is 0 Å². The first-order chi connectivity index (χ1) is 13.6. The molecular formula is C23H25N3O2. The highest BCUT2D eigenvalue weighted by molar-refractivity contribution is 5.98. The number of hydrogen-bond acceptors (Lipinski definition) is 2. The fourth-order valence-electron chi connectivity index (χ4n) is 3.88.